The van der Waals surface area contributed by atoms with Gasteiger partial charge in [0.15, 0.2) is 0 Å². The van der Waals surface area contributed by atoms with Crippen molar-refractivity contribution in [2.24, 2.45) is 0 Å². The van der Waals surface area contributed by atoms with Gasteiger partial charge in [0, 0.05) is 17.5 Å². The number of hydrogen-bond donors (Lipinski definition) is 2. The van der Waals surface area contributed by atoms with Crippen LogP contribution in [0.3, 0.4) is 0 Å². The minimum Gasteiger partial charge on any atom is -0.369 e. The molecule has 0 atom stereocenters. The van der Waals surface area contributed by atoms with E-state index < -0.39 is 0 Å². The summed E-state index contributed by atoms with van der Waals surface area (Å²) >= 11 is 1.92. The Morgan fingerprint density at radius 3 is 2.85 bits per heavy atom. The van der Waals surface area contributed by atoms with Crippen LogP contribution in [0.1, 0.15) is 29.6 Å². The summed E-state index contributed by atoms with van der Waals surface area (Å²) in [5, 5.41) is 5.96. The van der Waals surface area contributed by atoms with Crippen LogP contribution in [0.15, 0.2) is 18.3 Å². The third-order valence-corrected chi connectivity index (χ3v) is 5.08. The van der Waals surface area contributed by atoms with E-state index in [-0.39, 0.29) is 12.5 Å². The lowest BCUT2D eigenvalue weighted by Crippen LogP contribution is -2.40. The number of hydrogen-bond acceptors (Lipinski definition) is 4. The molecule has 1 amide bonds. The number of nitrogens with one attached hydrogen (secondary N) is 2. The van der Waals surface area contributed by atoms with Crippen molar-refractivity contribution in [1.82, 2.24) is 10.3 Å². The van der Waals surface area contributed by atoms with Gasteiger partial charge < -0.3 is 10.6 Å². The quantitative estimate of drug-likeness (QED) is 0.788. The monoisotopic (exact) mass is 289 g/mol. The van der Waals surface area contributed by atoms with Gasteiger partial charge in [-0.3, -0.25) is 4.79 Å². The second-order valence-electron chi connectivity index (χ2n) is 4.91. The SMILES string of the molecule is C#CCNC(=O)c1ccc(NCC2(SC)CCC2)nc1. The Labute approximate surface area is 124 Å². The van der Waals surface area contributed by atoms with Crippen molar-refractivity contribution in [3.8, 4) is 12.3 Å². The Hall–Kier alpha value is -1.67. The van der Waals surface area contributed by atoms with Crippen LogP contribution in [0.2, 0.25) is 0 Å². The number of rotatable bonds is 6. The highest BCUT2D eigenvalue weighted by atomic mass is 32.2. The maximum Gasteiger partial charge on any atom is 0.253 e. The van der Waals surface area contributed by atoms with Crippen molar-refractivity contribution in [2.45, 2.75) is 24.0 Å². The maximum absolute atomic E-state index is 11.7. The van der Waals surface area contributed by atoms with E-state index in [0.717, 1.165) is 12.4 Å². The molecule has 1 saturated carbocycles. The van der Waals surface area contributed by atoms with Crippen LogP contribution in [-0.2, 0) is 0 Å². The summed E-state index contributed by atoms with van der Waals surface area (Å²) < 4.78 is 0.366. The lowest BCUT2D eigenvalue weighted by molar-refractivity contribution is 0.0958. The van der Waals surface area contributed by atoms with E-state index >= 15 is 0 Å². The molecule has 20 heavy (non-hydrogen) atoms. The van der Waals surface area contributed by atoms with E-state index in [0.29, 0.717) is 10.3 Å². The second-order valence-corrected chi connectivity index (χ2v) is 6.19. The predicted molar refractivity (Wildman–Crippen MR) is 84.0 cm³/mol. The van der Waals surface area contributed by atoms with Gasteiger partial charge in [-0.05, 0) is 31.2 Å². The number of anilines is 1. The minimum atomic E-state index is -0.193. The fourth-order valence-electron chi connectivity index (χ4n) is 2.14. The van der Waals surface area contributed by atoms with Gasteiger partial charge in [-0.1, -0.05) is 12.3 Å². The molecule has 4 nitrogen and oxygen atoms in total. The first kappa shape index (κ1) is 14.7. The number of pyridine rings is 1. The second kappa shape index (κ2) is 6.67. The van der Waals surface area contributed by atoms with Crippen LogP contribution < -0.4 is 10.6 Å². The van der Waals surface area contributed by atoms with E-state index in [4.69, 9.17) is 6.42 Å². The summed E-state index contributed by atoms with van der Waals surface area (Å²) in [6, 6.07) is 3.59. The highest BCUT2D eigenvalue weighted by Crippen LogP contribution is 2.42. The molecule has 5 heteroatoms. The molecule has 1 aliphatic rings. The van der Waals surface area contributed by atoms with Gasteiger partial charge in [-0.15, -0.1) is 6.42 Å². The maximum atomic E-state index is 11.7. The Morgan fingerprint density at radius 1 is 1.55 bits per heavy atom. The number of amides is 1. The molecule has 1 heterocycles. The zero-order chi connectivity index (χ0) is 14.4. The molecule has 0 aliphatic heterocycles. The molecule has 0 saturated heterocycles. The van der Waals surface area contributed by atoms with E-state index in [9.17, 15) is 4.79 Å². The van der Waals surface area contributed by atoms with Crippen LogP contribution in [0.25, 0.3) is 0 Å². The largest absolute Gasteiger partial charge is 0.369 e. The lowest BCUT2D eigenvalue weighted by Gasteiger charge is -2.40. The first-order valence-electron chi connectivity index (χ1n) is 6.66. The van der Waals surface area contributed by atoms with Crippen molar-refractivity contribution in [1.29, 1.82) is 0 Å². The van der Waals surface area contributed by atoms with Gasteiger partial charge in [0.2, 0.25) is 0 Å². The van der Waals surface area contributed by atoms with Crippen molar-refractivity contribution >= 4 is 23.5 Å². The van der Waals surface area contributed by atoms with Crippen LogP contribution in [0.4, 0.5) is 5.82 Å². The molecule has 0 aromatic carbocycles. The molecule has 1 aliphatic carbocycles. The fraction of sp³-hybridized carbons (Fsp3) is 0.467. The normalized spacial score (nSPS) is 15.8. The molecule has 2 N–H and O–H groups in total. The molecule has 1 aromatic heterocycles. The van der Waals surface area contributed by atoms with Gasteiger partial charge in [0.1, 0.15) is 5.82 Å². The van der Waals surface area contributed by atoms with E-state index in [1.165, 1.54) is 19.3 Å². The molecule has 1 fully saturated rings. The van der Waals surface area contributed by atoms with Gasteiger partial charge in [-0.2, -0.15) is 11.8 Å². The van der Waals surface area contributed by atoms with E-state index in [1.807, 2.05) is 17.8 Å². The number of carbonyl (C=O) groups excluding carboxylic acids is 1. The highest BCUT2D eigenvalue weighted by Gasteiger charge is 2.35. The summed E-state index contributed by atoms with van der Waals surface area (Å²) in [7, 11) is 0. The van der Waals surface area contributed by atoms with Gasteiger partial charge >= 0.3 is 0 Å². The van der Waals surface area contributed by atoms with E-state index in [2.05, 4.69) is 27.8 Å². The fourth-order valence-corrected chi connectivity index (χ4v) is 3.06. The van der Waals surface area contributed by atoms with Crippen LogP contribution in [-0.4, -0.2) is 35.0 Å². The number of carbonyl (C=O) groups is 1. The molecule has 0 unspecified atom stereocenters. The topological polar surface area (TPSA) is 54.0 Å². The molecule has 106 valence electrons. The van der Waals surface area contributed by atoms with Crippen LogP contribution >= 0.6 is 11.8 Å². The summed E-state index contributed by atoms with van der Waals surface area (Å²) in [5.41, 5.74) is 0.522. The van der Waals surface area contributed by atoms with Crippen LogP contribution in [0.5, 0.6) is 0 Å². The zero-order valence-electron chi connectivity index (χ0n) is 11.6. The highest BCUT2D eigenvalue weighted by molar-refractivity contribution is 8.00. The van der Waals surface area contributed by atoms with Crippen LogP contribution in [0, 0.1) is 12.3 Å². The number of thioether (sulfide) groups is 1. The lowest BCUT2D eigenvalue weighted by atomic mass is 9.84. The zero-order valence-corrected chi connectivity index (χ0v) is 12.4. The smallest absolute Gasteiger partial charge is 0.253 e. The van der Waals surface area contributed by atoms with Gasteiger partial charge in [0.05, 0.1) is 12.1 Å². The standard InChI is InChI=1S/C15H19N3OS/c1-3-9-16-14(19)12-5-6-13(17-10-12)18-11-15(20-2)7-4-8-15/h1,5-6,10H,4,7-9,11H2,2H3,(H,16,19)(H,17,18). The Morgan fingerprint density at radius 2 is 2.35 bits per heavy atom. The Bertz CT molecular complexity index is 497. The van der Waals surface area contributed by atoms with E-state index in [1.54, 1.807) is 12.3 Å². The molecule has 0 radical (unpaired) electrons. The van der Waals surface area contributed by atoms with Gasteiger partial charge in [0.25, 0.3) is 5.91 Å². The summed E-state index contributed by atoms with van der Waals surface area (Å²) in [5.74, 6) is 2.98. The molecule has 0 bridgehead atoms. The van der Waals surface area contributed by atoms with Crippen molar-refractivity contribution in [3.05, 3.63) is 23.9 Å². The third-order valence-electron chi connectivity index (χ3n) is 3.67. The first-order chi connectivity index (χ1) is 9.69. The average Bonchev–Trinajstić information content (AvgIpc) is 2.45. The van der Waals surface area contributed by atoms with Crippen molar-refractivity contribution in [3.63, 3.8) is 0 Å². The Balaban J connectivity index is 1.88. The Kier molecular flexibility index (Phi) is 4.91. The predicted octanol–water partition coefficient (Wildman–Crippen LogP) is 2.14. The third kappa shape index (κ3) is 3.45. The molecule has 0 spiro atoms. The number of terminal acetylenes is 1. The molecule has 2 rings (SSSR count). The summed E-state index contributed by atoms with van der Waals surface area (Å²) in [6.45, 7) is 1.15. The number of nitrogens with zero attached hydrogens (tertiary/aromatic N) is 1. The average molecular weight is 289 g/mol. The number of aromatic nitrogens is 1. The first-order valence-corrected chi connectivity index (χ1v) is 7.88. The van der Waals surface area contributed by atoms with Crippen molar-refractivity contribution in [2.75, 3.05) is 24.7 Å². The minimum absolute atomic E-state index is 0.193. The molecular formula is C15H19N3OS. The molecule has 1 aromatic rings. The van der Waals surface area contributed by atoms with Gasteiger partial charge in [-0.25, -0.2) is 4.98 Å². The van der Waals surface area contributed by atoms with Crippen molar-refractivity contribution < 1.29 is 4.79 Å². The molecular weight excluding hydrogens is 270 g/mol. The summed E-state index contributed by atoms with van der Waals surface area (Å²) in [6.07, 6.45) is 12.7. The summed E-state index contributed by atoms with van der Waals surface area (Å²) in [4.78, 5) is 15.9.